The third-order valence-corrected chi connectivity index (χ3v) is 4.65. The van der Waals surface area contributed by atoms with Crippen LogP contribution in [0.2, 0.25) is 5.02 Å². The molecular weight excluding hydrogens is 378 g/mol. The van der Waals surface area contributed by atoms with Gasteiger partial charge in [-0.25, -0.2) is 15.0 Å². The number of benzene rings is 1. The molecule has 2 atom stereocenters. The molecule has 2 aromatic heterocycles. The zero-order valence-corrected chi connectivity index (χ0v) is 15.9. The van der Waals surface area contributed by atoms with E-state index in [1.807, 2.05) is 42.2 Å². The Balaban J connectivity index is 1.62. The number of hydrogen-bond donors (Lipinski definition) is 1. The molecule has 0 bridgehead atoms. The molecule has 1 saturated heterocycles. The van der Waals surface area contributed by atoms with Crippen LogP contribution < -0.4 is 10.2 Å². The molecule has 28 heavy (non-hydrogen) atoms. The van der Waals surface area contributed by atoms with Crippen LogP contribution in [0, 0.1) is 0 Å². The lowest BCUT2D eigenvalue weighted by Gasteiger charge is -2.24. The standard InChI is InChI=1S/C20H18ClN5O2/c1-13-12-28-19(11-27)26(13)18-9-14(5-7-22-18)17-6-8-23-20(25-17)24-16-4-2-3-15(21)10-16/h2-11,13,19H,12H2,1H3,(H,23,24,25)/t13-,19?/m1/s1. The summed E-state index contributed by atoms with van der Waals surface area (Å²) in [5.41, 5.74) is 2.40. The Kier molecular flexibility index (Phi) is 5.18. The molecular formula is C20H18ClN5O2. The fraction of sp³-hybridized carbons (Fsp3) is 0.200. The van der Waals surface area contributed by atoms with E-state index in [9.17, 15) is 4.79 Å². The van der Waals surface area contributed by atoms with Gasteiger partial charge in [-0.15, -0.1) is 0 Å². The molecule has 3 aromatic rings. The van der Waals surface area contributed by atoms with Crippen molar-refractivity contribution >= 4 is 35.3 Å². The summed E-state index contributed by atoms with van der Waals surface area (Å²) < 4.78 is 5.49. The van der Waals surface area contributed by atoms with Gasteiger partial charge in [0.25, 0.3) is 0 Å². The van der Waals surface area contributed by atoms with Gasteiger partial charge in [-0.05, 0) is 43.3 Å². The van der Waals surface area contributed by atoms with Crippen LogP contribution in [0.25, 0.3) is 11.3 Å². The Morgan fingerprint density at radius 1 is 1.21 bits per heavy atom. The van der Waals surface area contributed by atoms with Crippen molar-refractivity contribution in [2.24, 2.45) is 0 Å². The minimum absolute atomic E-state index is 0.0587. The number of carbonyl (C=O) groups is 1. The Bertz CT molecular complexity index is 1000. The second-order valence-electron chi connectivity index (χ2n) is 6.42. The number of rotatable bonds is 5. The highest BCUT2D eigenvalue weighted by Crippen LogP contribution is 2.27. The average Bonchev–Trinajstić information content (AvgIpc) is 3.09. The molecule has 1 aromatic carbocycles. The van der Waals surface area contributed by atoms with Crippen molar-refractivity contribution in [1.82, 2.24) is 15.0 Å². The van der Waals surface area contributed by atoms with Crippen molar-refractivity contribution < 1.29 is 9.53 Å². The van der Waals surface area contributed by atoms with Crippen LogP contribution in [0.3, 0.4) is 0 Å². The van der Waals surface area contributed by atoms with E-state index >= 15 is 0 Å². The minimum atomic E-state index is -0.622. The molecule has 7 nitrogen and oxygen atoms in total. The lowest BCUT2D eigenvalue weighted by molar-refractivity contribution is -0.115. The van der Waals surface area contributed by atoms with E-state index in [-0.39, 0.29) is 6.04 Å². The first-order valence-corrected chi connectivity index (χ1v) is 9.19. The lowest BCUT2D eigenvalue weighted by atomic mass is 10.1. The summed E-state index contributed by atoms with van der Waals surface area (Å²) in [6, 6.07) is 13.0. The van der Waals surface area contributed by atoms with Crippen molar-refractivity contribution in [3.8, 4) is 11.3 Å². The normalized spacial score (nSPS) is 18.9. The molecule has 0 radical (unpaired) electrons. The maximum absolute atomic E-state index is 11.3. The second-order valence-corrected chi connectivity index (χ2v) is 6.86. The highest BCUT2D eigenvalue weighted by Gasteiger charge is 2.32. The maximum atomic E-state index is 11.3. The number of carbonyl (C=O) groups excluding carboxylic acids is 1. The lowest BCUT2D eigenvalue weighted by Crippen LogP contribution is -2.36. The van der Waals surface area contributed by atoms with Gasteiger partial charge in [0.2, 0.25) is 5.95 Å². The van der Waals surface area contributed by atoms with Gasteiger partial charge >= 0.3 is 0 Å². The minimum Gasteiger partial charge on any atom is -0.349 e. The fourth-order valence-corrected chi connectivity index (χ4v) is 3.29. The monoisotopic (exact) mass is 395 g/mol. The van der Waals surface area contributed by atoms with Crippen molar-refractivity contribution in [2.45, 2.75) is 19.2 Å². The number of aromatic nitrogens is 3. The van der Waals surface area contributed by atoms with Gasteiger partial charge in [0.05, 0.1) is 18.3 Å². The summed E-state index contributed by atoms with van der Waals surface area (Å²) in [6.45, 7) is 2.48. The Morgan fingerprint density at radius 2 is 2.07 bits per heavy atom. The van der Waals surface area contributed by atoms with Gasteiger partial charge in [-0.2, -0.15) is 0 Å². The number of halogens is 1. The van der Waals surface area contributed by atoms with E-state index in [1.54, 1.807) is 24.5 Å². The zero-order valence-electron chi connectivity index (χ0n) is 15.1. The van der Waals surface area contributed by atoms with Gasteiger partial charge in [-0.3, -0.25) is 4.79 Å². The van der Waals surface area contributed by atoms with Crippen molar-refractivity contribution in [1.29, 1.82) is 0 Å². The van der Waals surface area contributed by atoms with Crippen LogP contribution in [-0.4, -0.2) is 40.1 Å². The molecule has 8 heteroatoms. The molecule has 0 saturated carbocycles. The van der Waals surface area contributed by atoms with Crippen LogP contribution in [0.1, 0.15) is 6.92 Å². The largest absolute Gasteiger partial charge is 0.349 e. The molecule has 0 amide bonds. The van der Waals surface area contributed by atoms with Crippen molar-refractivity contribution in [2.75, 3.05) is 16.8 Å². The smallest absolute Gasteiger partial charge is 0.227 e. The molecule has 3 heterocycles. The van der Waals surface area contributed by atoms with Crippen LogP contribution in [0.5, 0.6) is 0 Å². The van der Waals surface area contributed by atoms with Gasteiger partial charge in [-0.1, -0.05) is 17.7 Å². The summed E-state index contributed by atoms with van der Waals surface area (Å²) in [5.74, 6) is 1.13. The molecule has 0 aliphatic carbocycles. The number of nitrogens with one attached hydrogen (secondary N) is 1. The highest BCUT2D eigenvalue weighted by molar-refractivity contribution is 6.30. The van der Waals surface area contributed by atoms with E-state index in [0.29, 0.717) is 23.4 Å². The summed E-state index contributed by atoms with van der Waals surface area (Å²) in [5, 5.41) is 3.78. The molecule has 0 spiro atoms. The highest BCUT2D eigenvalue weighted by atomic mass is 35.5. The van der Waals surface area contributed by atoms with Crippen molar-refractivity contribution in [3.05, 3.63) is 59.9 Å². The molecule has 1 aliphatic heterocycles. The van der Waals surface area contributed by atoms with Crippen LogP contribution >= 0.6 is 11.6 Å². The van der Waals surface area contributed by atoms with Crippen LogP contribution in [0.15, 0.2) is 54.9 Å². The van der Waals surface area contributed by atoms with Gasteiger partial charge < -0.3 is 15.0 Å². The average molecular weight is 396 g/mol. The summed E-state index contributed by atoms with van der Waals surface area (Å²) in [6.07, 6.45) is 3.55. The van der Waals surface area contributed by atoms with E-state index < -0.39 is 6.23 Å². The molecule has 4 rings (SSSR count). The number of nitrogens with zero attached hydrogens (tertiary/aromatic N) is 4. The first-order chi connectivity index (χ1) is 13.6. The predicted molar refractivity (Wildman–Crippen MR) is 108 cm³/mol. The summed E-state index contributed by atoms with van der Waals surface area (Å²) >= 11 is 6.03. The van der Waals surface area contributed by atoms with E-state index in [0.717, 1.165) is 23.2 Å². The van der Waals surface area contributed by atoms with E-state index in [1.165, 1.54) is 0 Å². The maximum Gasteiger partial charge on any atom is 0.227 e. The molecule has 1 unspecified atom stereocenters. The third-order valence-electron chi connectivity index (χ3n) is 4.42. The number of anilines is 3. The fourth-order valence-electron chi connectivity index (χ4n) is 3.10. The third kappa shape index (κ3) is 3.81. The molecule has 1 aliphatic rings. The number of hydrogen-bond acceptors (Lipinski definition) is 7. The summed E-state index contributed by atoms with van der Waals surface area (Å²) in [7, 11) is 0. The Hall–Kier alpha value is -3.03. The quantitative estimate of drug-likeness (QED) is 0.660. The molecule has 1 fully saturated rings. The van der Waals surface area contributed by atoms with Crippen LogP contribution in [-0.2, 0) is 9.53 Å². The topological polar surface area (TPSA) is 80.2 Å². The number of pyridine rings is 1. The first kappa shape index (κ1) is 18.3. The molecule has 142 valence electrons. The second kappa shape index (κ2) is 7.92. The van der Waals surface area contributed by atoms with E-state index in [2.05, 4.69) is 20.3 Å². The van der Waals surface area contributed by atoms with Gasteiger partial charge in [0, 0.05) is 28.7 Å². The SMILES string of the molecule is C[C@@H]1COC(C=O)N1c1cc(-c2ccnc(Nc3cccc(Cl)c3)n2)ccn1. The Labute approximate surface area is 167 Å². The van der Waals surface area contributed by atoms with E-state index in [4.69, 9.17) is 16.3 Å². The number of aldehydes is 1. The zero-order chi connectivity index (χ0) is 19.5. The first-order valence-electron chi connectivity index (χ1n) is 8.81. The van der Waals surface area contributed by atoms with Crippen molar-refractivity contribution in [3.63, 3.8) is 0 Å². The van der Waals surface area contributed by atoms with Gasteiger partial charge in [0.1, 0.15) is 5.82 Å². The number of ether oxygens (including phenoxy) is 1. The molecule has 1 N–H and O–H groups in total. The van der Waals surface area contributed by atoms with Gasteiger partial charge in [0.15, 0.2) is 12.5 Å². The predicted octanol–water partition coefficient (Wildman–Crippen LogP) is 3.69. The van der Waals surface area contributed by atoms with Crippen LogP contribution in [0.4, 0.5) is 17.5 Å². The Morgan fingerprint density at radius 3 is 2.89 bits per heavy atom. The summed E-state index contributed by atoms with van der Waals surface area (Å²) in [4.78, 5) is 26.4.